The van der Waals surface area contributed by atoms with Gasteiger partial charge in [0, 0.05) is 0 Å². The molecule has 3 fully saturated rings. The third kappa shape index (κ3) is 13.8. The molecule has 5 rings (SSSR count). The minimum atomic E-state index is -2.84. The van der Waals surface area contributed by atoms with Gasteiger partial charge in [-0.1, -0.05) is 123 Å². The van der Waals surface area contributed by atoms with E-state index in [4.69, 9.17) is 27.8 Å². The van der Waals surface area contributed by atoms with E-state index in [1.807, 2.05) is 6.26 Å². The summed E-state index contributed by atoms with van der Waals surface area (Å²) in [6, 6.07) is 21.9. The van der Waals surface area contributed by atoms with Crippen LogP contribution in [-0.4, -0.2) is 95.7 Å². The van der Waals surface area contributed by atoms with Crippen molar-refractivity contribution >= 4 is 51.2 Å². The molecule has 2 aromatic carbocycles. The first-order valence-corrected chi connectivity index (χ1v) is 39.6. The van der Waals surface area contributed by atoms with Crippen LogP contribution in [0.5, 0.6) is 0 Å². The fraction of sp³-hybridized carbons (Fsp3) is 0.741. The standard InChI is InChI=1S/C46H71O7Si2.3C4H9.Sn/c1-13-28-48-39-26-27-46(12)43(51-40(39)25-24-35(8)47)30-41-44(52-46)42(53-54(32(2)3,33(4)5)34(6)7)29-36(50-41)31-49-55(45(9,10)11,37-20-16-14-17-21-37)38-22-18-15-19-23-38;3*1-3-4-2;/h13-23,28,32-34,36,39-44H,1,24-27,29-31H2,2-12H3;3*1,3-4H2,2H3;/b28-13-;;;;/t36-,39-,40+,41+,42-,43-,44+,46+;;;;/m0..../s1. The van der Waals surface area contributed by atoms with Crippen LogP contribution in [0.2, 0.25) is 39.4 Å². The second-order valence-corrected chi connectivity index (χ2v) is 47.3. The first-order valence-electron chi connectivity index (χ1n) is 27.5. The van der Waals surface area contributed by atoms with Crippen LogP contribution in [0.1, 0.15) is 174 Å². The number of hydrogen-bond donors (Lipinski definition) is 0. The zero-order valence-corrected chi connectivity index (χ0v) is 50.4. The molecule has 0 unspecified atom stereocenters. The monoisotopic (exact) mass is 1080 g/mol. The summed E-state index contributed by atoms with van der Waals surface area (Å²) in [4.78, 5) is 12.6. The molecule has 2 aromatic rings. The van der Waals surface area contributed by atoms with Crippen LogP contribution in [0.3, 0.4) is 0 Å². The van der Waals surface area contributed by atoms with Crippen molar-refractivity contribution in [2.45, 2.75) is 262 Å². The summed E-state index contributed by atoms with van der Waals surface area (Å²) < 4.78 is 50.1. The number of hydrogen-bond acceptors (Lipinski definition) is 7. The van der Waals surface area contributed by atoms with E-state index >= 15 is 0 Å². The average Bonchev–Trinajstić information content (AvgIpc) is 3.43. The van der Waals surface area contributed by atoms with E-state index in [1.54, 1.807) is 6.92 Å². The summed E-state index contributed by atoms with van der Waals surface area (Å²) in [6.07, 6.45) is 15.1. The SMILES string of the molecule is CCC[CH2][Sn]([CH2]/C=C\O[C@H]1CC[C@@]2(C)O[C@H]3[C@@H](O[Si](C(C)C)(C(C)C)C(C)C)C[C@@H](CO[Si](c4ccccc4)(c4ccccc4)C(C)(C)C)O[C@@H]3C[C@@H]2O[C@@H]1CCC(C)=O)([CH2]CCC)[CH2]CCC. The van der Waals surface area contributed by atoms with Gasteiger partial charge in [-0.25, -0.2) is 0 Å². The maximum atomic E-state index is 12.6. The van der Waals surface area contributed by atoms with Gasteiger partial charge in [-0.3, -0.25) is 0 Å². The molecule has 3 saturated heterocycles. The molecule has 68 heavy (non-hydrogen) atoms. The first-order chi connectivity index (χ1) is 32.3. The topological polar surface area (TPSA) is 72.5 Å². The summed E-state index contributed by atoms with van der Waals surface area (Å²) >= 11 is -2.38. The van der Waals surface area contributed by atoms with Crippen LogP contribution in [-0.2, 0) is 32.6 Å². The Bertz CT molecular complexity index is 1730. The Balaban J connectivity index is 1.47. The molecular weight excluding hydrogens is 984 g/mol. The fourth-order valence-electron chi connectivity index (χ4n) is 13.0. The van der Waals surface area contributed by atoms with Crippen molar-refractivity contribution in [3.63, 3.8) is 0 Å². The van der Waals surface area contributed by atoms with Crippen LogP contribution >= 0.6 is 0 Å². The van der Waals surface area contributed by atoms with Gasteiger partial charge in [0.15, 0.2) is 0 Å². The van der Waals surface area contributed by atoms with Gasteiger partial charge >= 0.3 is 242 Å². The van der Waals surface area contributed by atoms with Crippen molar-refractivity contribution in [2.24, 2.45) is 0 Å². The molecule has 8 atom stereocenters. The molecule has 0 amide bonds. The molecule has 3 heterocycles. The molecule has 0 radical (unpaired) electrons. The van der Waals surface area contributed by atoms with E-state index in [9.17, 15) is 4.79 Å². The van der Waals surface area contributed by atoms with E-state index in [-0.39, 0.29) is 53.5 Å². The summed E-state index contributed by atoms with van der Waals surface area (Å²) in [7, 11) is -5.18. The van der Waals surface area contributed by atoms with Crippen molar-refractivity contribution < 1.29 is 32.6 Å². The molecule has 10 heteroatoms. The number of benzene rings is 2. The van der Waals surface area contributed by atoms with Gasteiger partial charge < -0.3 is 4.43 Å². The normalized spacial score (nSPS) is 26.3. The van der Waals surface area contributed by atoms with Crippen molar-refractivity contribution in [3.8, 4) is 0 Å². The van der Waals surface area contributed by atoms with Gasteiger partial charge in [-0.15, -0.1) is 0 Å². The molecule has 0 aromatic heterocycles. The summed E-state index contributed by atoms with van der Waals surface area (Å²) in [5, 5.41) is 2.38. The Kier molecular flexibility index (Phi) is 22.1. The first kappa shape index (κ1) is 57.6. The predicted molar refractivity (Wildman–Crippen MR) is 292 cm³/mol. The van der Waals surface area contributed by atoms with E-state index < -0.39 is 40.6 Å². The zero-order chi connectivity index (χ0) is 49.8. The van der Waals surface area contributed by atoms with E-state index in [2.05, 4.69) is 157 Å². The number of ether oxygens (including phenoxy) is 4. The Morgan fingerprint density at radius 2 is 1.35 bits per heavy atom. The molecule has 3 aliphatic rings. The summed E-state index contributed by atoms with van der Waals surface area (Å²) in [6.45, 7) is 32.8. The maximum absolute atomic E-state index is 12.6. The van der Waals surface area contributed by atoms with Crippen molar-refractivity contribution in [1.82, 2.24) is 0 Å². The Labute approximate surface area is 422 Å². The van der Waals surface area contributed by atoms with Crippen molar-refractivity contribution in [2.75, 3.05) is 6.61 Å². The quantitative estimate of drug-likeness (QED) is 0.0686. The van der Waals surface area contributed by atoms with Gasteiger partial charge in [0.05, 0.1) is 6.61 Å². The van der Waals surface area contributed by atoms with Gasteiger partial charge in [0.1, 0.15) is 0 Å². The molecule has 0 N–H and O–H groups in total. The number of fused-ring (bicyclic) bond motifs is 2. The Morgan fingerprint density at radius 3 is 1.84 bits per heavy atom. The molecule has 0 bridgehead atoms. The number of allylic oxidation sites excluding steroid dienone is 1. The number of unbranched alkanes of at least 4 members (excludes halogenated alkanes) is 3. The Morgan fingerprint density at radius 1 is 0.809 bits per heavy atom. The predicted octanol–water partition coefficient (Wildman–Crippen LogP) is 14.5. The number of rotatable bonds is 26. The molecule has 0 saturated carbocycles. The number of carbonyl (C=O) groups is 1. The van der Waals surface area contributed by atoms with Crippen molar-refractivity contribution in [3.05, 3.63) is 73.0 Å². The van der Waals surface area contributed by atoms with Crippen LogP contribution < -0.4 is 10.4 Å². The second kappa shape index (κ2) is 26.1. The number of ketones is 1. The zero-order valence-electron chi connectivity index (χ0n) is 45.6. The third-order valence-electron chi connectivity index (χ3n) is 16.6. The molecule has 7 nitrogen and oxygen atoms in total. The summed E-state index contributed by atoms with van der Waals surface area (Å²) in [5.74, 6) is 0.184. The van der Waals surface area contributed by atoms with Crippen molar-refractivity contribution in [1.29, 1.82) is 0 Å². The van der Waals surface area contributed by atoms with Gasteiger partial charge in [-0.2, -0.15) is 0 Å². The van der Waals surface area contributed by atoms with E-state index in [1.165, 1.54) is 66.6 Å². The van der Waals surface area contributed by atoms with Crippen LogP contribution in [0.15, 0.2) is 73.0 Å². The fourth-order valence-corrected chi connectivity index (χ4v) is 38.2. The number of carbonyl (C=O) groups excluding carboxylic acids is 1. The van der Waals surface area contributed by atoms with Crippen LogP contribution in [0.25, 0.3) is 0 Å². The van der Waals surface area contributed by atoms with Gasteiger partial charge in [-0.05, 0) is 32.0 Å². The summed E-state index contributed by atoms with van der Waals surface area (Å²) in [5.41, 5.74) is 0.715. The second-order valence-electron chi connectivity index (χ2n) is 23.6. The molecule has 0 spiro atoms. The van der Waals surface area contributed by atoms with E-state index in [0.29, 0.717) is 48.9 Å². The van der Waals surface area contributed by atoms with Crippen LogP contribution in [0, 0.1) is 0 Å². The van der Waals surface area contributed by atoms with Gasteiger partial charge in [0.2, 0.25) is 8.32 Å². The van der Waals surface area contributed by atoms with Gasteiger partial charge in [0.25, 0.3) is 8.32 Å². The molecule has 0 aliphatic carbocycles. The molecule has 384 valence electrons. The average molecular weight is 1080 g/mol. The Hall–Kier alpha value is -1.32. The van der Waals surface area contributed by atoms with Crippen LogP contribution in [0.4, 0.5) is 0 Å². The molecular formula is C58H98O7Si2Sn. The third-order valence-corrected chi connectivity index (χ3v) is 43.0. The molecule has 3 aliphatic heterocycles. The van der Waals surface area contributed by atoms with E-state index in [0.717, 1.165) is 12.8 Å². The minimum absolute atomic E-state index is 0.149. The number of Topliss-reactive ketones (excluding diaryl/α,β-unsaturated/α-hetero) is 1.